The zero-order chi connectivity index (χ0) is 17.6. The highest BCUT2D eigenvalue weighted by Gasteiger charge is 2.15. The van der Waals surface area contributed by atoms with Crippen molar-refractivity contribution >= 4 is 17.5 Å². The van der Waals surface area contributed by atoms with Gasteiger partial charge in [-0.2, -0.15) is 0 Å². The average molecular weight is 336 g/mol. The van der Waals surface area contributed by atoms with Crippen LogP contribution in [-0.2, 0) is 0 Å². The number of ether oxygens (including phenoxy) is 1. The van der Waals surface area contributed by atoms with Crippen LogP contribution in [0.2, 0.25) is 0 Å². The van der Waals surface area contributed by atoms with Gasteiger partial charge in [-0.1, -0.05) is 30.3 Å². The lowest BCUT2D eigenvalue weighted by molar-refractivity contribution is -0.384. The number of nitrogens with zero attached hydrogens (tertiary/aromatic N) is 3. The second-order valence-corrected chi connectivity index (χ2v) is 4.91. The standard InChI is InChI=1S/C17H12N4O4/c22-17(20-13-6-2-1-3-7-13)25-16-18-10-12(11-19-16)14-8-4-5-9-15(14)21(23)24/h1-11H,(H,20,22). The molecule has 0 atom stereocenters. The van der Waals surface area contributed by atoms with Gasteiger partial charge in [0.15, 0.2) is 0 Å². The largest absolute Gasteiger partial charge is 0.419 e. The third-order valence-corrected chi connectivity index (χ3v) is 3.24. The number of aromatic nitrogens is 2. The summed E-state index contributed by atoms with van der Waals surface area (Å²) in [6.07, 6.45) is 1.99. The van der Waals surface area contributed by atoms with E-state index in [4.69, 9.17) is 4.74 Å². The van der Waals surface area contributed by atoms with Gasteiger partial charge in [-0.15, -0.1) is 0 Å². The molecule has 0 saturated carbocycles. The lowest BCUT2D eigenvalue weighted by Crippen LogP contribution is -2.17. The first kappa shape index (κ1) is 16.1. The number of benzene rings is 2. The molecule has 0 fully saturated rings. The first-order valence-electron chi connectivity index (χ1n) is 7.23. The first-order valence-corrected chi connectivity index (χ1v) is 7.23. The minimum Gasteiger partial charge on any atom is -0.374 e. The smallest absolute Gasteiger partial charge is 0.374 e. The lowest BCUT2D eigenvalue weighted by Gasteiger charge is -2.06. The molecule has 2 aromatic carbocycles. The number of amides is 1. The van der Waals surface area contributed by atoms with Gasteiger partial charge in [0.25, 0.3) is 5.69 Å². The van der Waals surface area contributed by atoms with E-state index in [2.05, 4.69) is 15.3 Å². The van der Waals surface area contributed by atoms with Crippen LogP contribution in [-0.4, -0.2) is 21.0 Å². The van der Waals surface area contributed by atoms with E-state index in [1.807, 2.05) is 6.07 Å². The monoisotopic (exact) mass is 336 g/mol. The summed E-state index contributed by atoms with van der Waals surface area (Å²) < 4.78 is 4.98. The van der Waals surface area contributed by atoms with E-state index in [0.29, 0.717) is 16.8 Å². The fraction of sp³-hybridized carbons (Fsp3) is 0. The van der Waals surface area contributed by atoms with Crippen LogP contribution in [0.25, 0.3) is 11.1 Å². The Hall–Kier alpha value is -3.81. The summed E-state index contributed by atoms with van der Waals surface area (Å²) in [6, 6.07) is 14.9. The van der Waals surface area contributed by atoms with Crippen LogP contribution in [0.15, 0.2) is 67.0 Å². The summed E-state index contributed by atoms with van der Waals surface area (Å²) in [6.45, 7) is 0. The van der Waals surface area contributed by atoms with Gasteiger partial charge in [-0.05, 0) is 18.2 Å². The van der Waals surface area contributed by atoms with Crippen molar-refractivity contribution in [1.29, 1.82) is 0 Å². The zero-order valence-electron chi connectivity index (χ0n) is 12.8. The molecule has 0 aliphatic rings. The molecule has 3 rings (SSSR count). The molecule has 0 saturated heterocycles. The van der Waals surface area contributed by atoms with Crippen LogP contribution in [0, 0.1) is 10.1 Å². The number of nitro benzene ring substituents is 1. The quantitative estimate of drug-likeness (QED) is 0.575. The highest BCUT2D eigenvalue weighted by Crippen LogP contribution is 2.28. The van der Waals surface area contributed by atoms with Gasteiger partial charge in [0.2, 0.25) is 0 Å². The van der Waals surface area contributed by atoms with Crippen molar-refractivity contribution in [2.45, 2.75) is 0 Å². The first-order chi connectivity index (χ1) is 12.1. The maximum atomic E-state index is 11.8. The summed E-state index contributed by atoms with van der Waals surface area (Å²) >= 11 is 0. The number of hydrogen-bond donors (Lipinski definition) is 1. The van der Waals surface area contributed by atoms with E-state index in [0.717, 1.165) is 0 Å². The van der Waals surface area contributed by atoms with Gasteiger partial charge in [-0.3, -0.25) is 15.4 Å². The Labute approximate surface area is 142 Å². The Kier molecular flexibility index (Phi) is 4.61. The van der Waals surface area contributed by atoms with Crippen molar-refractivity contribution in [3.8, 4) is 17.1 Å². The molecule has 0 unspecified atom stereocenters. The number of carbonyl (C=O) groups excluding carboxylic acids is 1. The average Bonchev–Trinajstić information content (AvgIpc) is 2.63. The highest BCUT2D eigenvalue weighted by atomic mass is 16.6. The van der Waals surface area contributed by atoms with Gasteiger partial charge in [0.1, 0.15) is 0 Å². The van der Waals surface area contributed by atoms with Crippen molar-refractivity contribution in [3.05, 3.63) is 77.1 Å². The van der Waals surface area contributed by atoms with E-state index in [-0.39, 0.29) is 11.7 Å². The summed E-state index contributed by atoms with van der Waals surface area (Å²) in [4.78, 5) is 30.2. The Morgan fingerprint density at radius 2 is 1.64 bits per heavy atom. The van der Waals surface area contributed by atoms with Crippen molar-refractivity contribution in [1.82, 2.24) is 9.97 Å². The summed E-state index contributed by atoms with van der Waals surface area (Å²) in [5.74, 6) is 0. The number of para-hydroxylation sites is 2. The fourth-order valence-corrected chi connectivity index (χ4v) is 2.13. The fourth-order valence-electron chi connectivity index (χ4n) is 2.13. The second-order valence-electron chi connectivity index (χ2n) is 4.91. The summed E-state index contributed by atoms with van der Waals surface area (Å²) in [5.41, 5.74) is 1.35. The third kappa shape index (κ3) is 3.94. The van der Waals surface area contributed by atoms with Crippen molar-refractivity contribution in [3.63, 3.8) is 0 Å². The Bertz CT molecular complexity index is 898. The van der Waals surface area contributed by atoms with Gasteiger partial charge < -0.3 is 4.74 Å². The minimum atomic E-state index is -0.732. The van der Waals surface area contributed by atoms with Crippen LogP contribution < -0.4 is 10.1 Å². The summed E-state index contributed by atoms with van der Waals surface area (Å²) in [5, 5.41) is 13.6. The highest BCUT2D eigenvalue weighted by molar-refractivity contribution is 5.85. The molecule has 0 aliphatic carbocycles. The van der Waals surface area contributed by atoms with Crippen LogP contribution in [0.1, 0.15) is 0 Å². The molecule has 0 radical (unpaired) electrons. The predicted octanol–water partition coefficient (Wildman–Crippen LogP) is 3.66. The molecular weight excluding hydrogens is 324 g/mol. The molecule has 3 aromatic rings. The van der Waals surface area contributed by atoms with Gasteiger partial charge >= 0.3 is 12.1 Å². The second kappa shape index (κ2) is 7.18. The van der Waals surface area contributed by atoms with Crippen molar-refractivity contribution in [2.75, 3.05) is 5.32 Å². The number of carbonyl (C=O) groups is 1. The molecular formula is C17H12N4O4. The molecule has 0 spiro atoms. The number of nitrogens with one attached hydrogen (secondary N) is 1. The number of hydrogen-bond acceptors (Lipinski definition) is 6. The topological polar surface area (TPSA) is 107 Å². The SMILES string of the molecule is O=C(Nc1ccccc1)Oc1ncc(-c2ccccc2[N+](=O)[O-])cn1. The zero-order valence-corrected chi connectivity index (χ0v) is 12.8. The number of anilines is 1. The maximum absolute atomic E-state index is 11.8. The number of rotatable bonds is 4. The number of nitro groups is 1. The predicted molar refractivity (Wildman–Crippen MR) is 90.2 cm³/mol. The van der Waals surface area contributed by atoms with Crippen molar-refractivity contribution < 1.29 is 14.5 Å². The Balaban J connectivity index is 1.73. The van der Waals surface area contributed by atoms with Crippen LogP contribution >= 0.6 is 0 Å². The lowest BCUT2D eigenvalue weighted by atomic mass is 10.1. The molecule has 8 heteroatoms. The molecule has 124 valence electrons. The van der Waals surface area contributed by atoms with E-state index in [1.54, 1.807) is 42.5 Å². The van der Waals surface area contributed by atoms with Crippen LogP contribution in [0.5, 0.6) is 6.01 Å². The molecule has 1 heterocycles. The molecule has 1 N–H and O–H groups in total. The molecule has 1 aromatic heterocycles. The molecule has 0 bridgehead atoms. The van der Waals surface area contributed by atoms with Gasteiger partial charge in [0.05, 0.1) is 10.5 Å². The Morgan fingerprint density at radius 1 is 1.00 bits per heavy atom. The summed E-state index contributed by atoms with van der Waals surface area (Å²) in [7, 11) is 0. The van der Waals surface area contributed by atoms with E-state index < -0.39 is 11.0 Å². The maximum Gasteiger partial charge on any atom is 0.419 e. The van der Waals surface area contributed by atoms with E-state index >= 15 is 0 Å². The molecule has 8 nitrogen and oxygen atoms in total. The molecule has 1 amide bonds. The van der Waals surface area contributed by atoms with Crippen LogP contribution in [0.4, 0.5) is 16.2 Å². The normalized spacial score (nSPS) is 10.1. The molecule has 25 heavy (non-hydrogen) atoms. The van der Waals surface area contributed by atoms with Gasteiger partial charge in [-0.25, -0.2) is 14.8 Å². The van der Waals surface area contributed by atoms with Gasteiger partial charge in [0, 0.05) is 29.7 Å². The van der Waals surface area contributed by atoms with Crippen LogP contribution in [0.3, 0.4) is 0 Å². The van der Waals surface area contributed by atoms with E-state index in [1.165, 1.54) is 18.5 Å². The molecule has 0 aliphatic heterocycles. The van der Waals surface area contributed by atoms with Crippen molar-refractivity contribution in [2.24, 2.45) is 0 Å². The van der Waals surface area contributed by atoms with E-state index in [9.17, 15) is 14.9 Å². The minimum absolute atomic E-state index is 0.0541. The Morgan fingerprint density at radius 3 is 2.32 bits per heavy atom. The third-order valence-electron chi connectivity index (χ3n) is 3.24.